The lowest BCUT2D eigenvalue weighted by Crippen LogP contribution is -1.97. The van der Waals surface area contributed by atoms with E-state index in [-0.39, 0.29) is 11.1 Å². The number of hydrogen-bond acceptors (Lipinski definition) is 0. The molecule has 118 valence electrons. The maximum Gasteiger partial charge on any atom is 0.134 e. The first-order chi connectivity index (χ1) is 10.6. The van der Waals surface area contributed by atoms with Crippen LogP contribution in [0, 0.1) is 17.5 Å². The summed E-state index contributed by atoms with van der Waals surface area (Å²) in [4.78, 5) is 0. The molecule has 0 amide bonds. The van der Waals surface area contributed by atoms with Crippen LogP contribution >= 0.6 is 0 Å². The minimum absolute atomic E-state index is 0.0352. The van der Waals surface area contributed by atoms with E-state index in [4.69, 9.17) is 0 Å². The summed E-state index contributed by atoms with van der Waals surface area (Å²) in [5, 5.41) is 0. The van der Waals surface area contributed by atoms with Gasteiger partial charge in [0, 0.05) is 5.56 Å². The summed E-state index contributed by atoms with van der Waals surface area (Å²) < 4.78 is 42.1. The smallest absolute Gasteiger partial charge is 0.134 e. The van der Waals surface area contributed by atoms with Crippen LogP contribution in [0.3, 0.4) is 0 Å². The van der Waals surface area contributed by atoms with E-state index in [1.807, 2.05) is 0 Å². The Kier molecular flexibility index (Phi) is 6.05. The van der Waals surface area contributed by atoms with Crippen molar-refractivity contribution in [2.45, 2.75) is 45.4 Å². The molecule has 0 saturated heterocycles. The van der Waals surface area contributed by atoms with Crippen molar-refractivity contribution in [2.24, 2.45) is 0 Å². The molecule has 2 rings (SSSR count). The second-order valence-electron chi connectivity index (χ2n) is 5.58. The monoisotopic (exact) mass is 306 g/mol. The average molecular weight is 306 g/mol. The van der Waals surface area contributed by atoms with Crippen LogP contribution in [0.15, 0.2) is 36.4 Å². The van der Waals surface area contributed by atoms with Crippen LogP contribution in [0.5, 0.6) is 0 Å². The molecule has 0 unspecified atom stereocenters. The van der Waals surface area contributed by atoms with Crippen LogP contribution in [-0.2, 0) is 6.42 Å². The van der Waals surface area contributed by atoms with E-state index < -0.39 is 17.5 Å². The van der Waals surface area contributed by atoms with E-state index in [2.05, 4.69) is 6.92 Å². The van der Waals surface area contributed by atoms with Crippen LogP contribution in [0.25, 0.3) is 11.1 Å². The number of halogens is 3. The topological polar surface area (TPSA) is 0 Å². The molecule has 3 heteroatoms. The summed E-state index contributed by atoms with van der Waals surface area (Å²) in [5.41, 5.74) is 0.311. The Morgan fingerprint density at radius 1 is 0.773 bits per heavy atom. The van der Waals surface area contributed by atoms with Crippen LogP contribution < -0.4 is 0 Å². The van der Waals surface area contributed by atoms with Gasteiger partial charge in [0.2, 0.25) is 0 Å². The van der Waals surface area contributed by atoms with Gasteiger partial charge in [-0.3, -0.25) is 0 Å². The van der Waals surface area contributed by atoms with Gasteiger partial charge >= 0.3 is 0 Å². The van der Waals surface area contributed by atoms with Gasteiger partial charge in [-0.25, -0.2) is 13.2 Å². The molecule has 0 bridgehead atoms. The van der Waals surface area contributed by atoms with Crippen LogP contribution in [-0.4, -0.2) is 0 Å². The van der Waals surface area contributed by atoms with Gasteiger partial charge in [-0.2, -0.15) is 0 Å². The van der Waals surface area contributed by atoms with Gasteiger partial charge in [0.05, 0.1) is 5.56 Å². The van der Waals surface area contributed by atoms with Crippen LogP contribution in [0.1, 0.15) is 44.6 Å². The normalized spacial score (nSPS) is 10.9. The molecule has 0 aromatic heterocycles. The third kappa shape index (κ3) is 4.12. The van der Waals surface area contributed by atoms with E-state index in [9.17, 15) is 13.2 Å². The Balaban J connectivity index is 2.14. The molecule has 2 aromatic carbocycles. The zero-order valence-corrected chi connectivity index (χ0v) is 12.8. The summed E-state index contributed by atoms with van der Waals surface area (Å²) >= 11 is 0. The second-order valence-corrected chi connectivity index (χ2v) is 5.58. The Labute approximate surface area is 130 Å². The maximum atomic E-state index is 14.2. The van der Waals surface area contributed by atoms with Gasteiger partial charge in [0.1, 0.15) is 17.5 Å². The van der Waals surface area contributed by atoms with Crippen LogP contribution in [0.2, 0.25) is 0 Å². The van der Waals surface area contributed by atoms with Crippen molar-refractivity contribution in [3.8, 4) is 11.1 Å². The summed E-state index contributed by atoms with van der Waals surface area (Å²) in [7, 11) is 0. The molecule has 0 aliphatic heterocycles. The molecule has 2 aromatic rings. The summed E-state index contributed by atoms with van der Waals surface area (Å²) in [6, 6.07) is 8.31. The Morgan fingerprint density at radius 3 is 2.05 bits per heavy atom. The summed E-state index contributed by atoms with van der Waals surface area (Å²) in [6.07, 6.45) is 6.13. The predicted octanol–water partition coefficient (Wildman–Crippen LogP) is 6.28. The van der Waals surface area contributed by atoms with Crippen molar-refractivity contribution in [1.82, 2.24) is 0 Å². The molecular formula is C19H21F3. The molecule has 0 aliphatic rings. The number of hydrogen-bond donors (Lipinski definition) is 0. The van der Waals surface area contributed by atoms with Gasteiger partial charge < -0.3 is 0 Å². The van der Waals surface area contributed by atoms with Gasteiger partial charge in [0.15, 0.2) is 0 Å². The standard InChI is InChI=1S/C19H21F3/c1-2-3-4-5-6-9-14-12-17(21)19(18(22)13-14)15-10-7-8-11-16(15)20/h7-8,10-13H,2-6,9H2,1H3. The van der Waals surface area contributed by atoms with Crippen molar-refractivity contribution in [3.63, 3.8) is 0 Å². The van der Waals surface area contributed by atoms with Gasteiger partial charge in [-0.1, -0.05) is 50.8 Å². The average Bonchev–Trinajstić information content (AvgIpc) is 2.48. The number of unbranched alkanes of at least 4 members (excludes halogenated alkanes) is 4. The lowest BCUT2D eigenvalue weighted by Gasteiger charge is -2.09. The predicted molar refractivity (Wildman–Crippen MR) is 84.2 cm³/mol. The van der Waals surface area contributed by atoms with Crippen molar-refractivity contribution in [2.75, 3.05) is 0 Å². The molecule has 0 aliphatic carbocycles. The zero-order valence-electron chi connectivity index (χ0n) is 12.8. The largest absolute Gasteiger partial charge is 0.206 e. The molecule has 0 nitrogen and oxygen atoms in total. The fraction of sp³-hybridized carbons (Fsp3) is 0.368. The fourth-order valence-corrected chi connectivity index (χ4v) is 2.62. The van der Waals surface area contributed by atoms with Crippen molar-refractivity contribution < 1.29 is 13.2 Å². The Morgan fingerprint density at radius 2 is 1.41 bits per heavy atom. The molecule has 0 fully saturated rings. The molecule has 0 heterocycles. The first kappa shape index (κ1) is 16.6. The third-order valence-electron chi connectivity index (χ3n) is 3.81. The third-order valence-corrected chi connectivity index (χ3v) is 3.81. The lowest BCUT2D eigenvalue weighted by atomic mass is 9.99. The number of aryl methyl sites for hydroxylation is 1. The number of rotatable bonds is 7. The molecule has 22 heavy (non-hydrogen) atoms. The minimum atomic E-state index is -0.700. The number of benzene rings is 2. The first-order valence-electron chi connectivity index (χ1n) is 7.86. The van der Waals surface area contributed by atoms with E-state index in [1.165, 1.54) is 43.2 Å². The Hall–Kier alpha value is -1.77. The maximum absolute atomic E-state index is 14.2. The molecular weight excluding hydrogens is 285 g/mol. The highest BCUT2D eigenvalue weighted by Gasteiger charge is 2.16. The van der Waals surface area contributed by atoms with E-state index in [0.717, 1.165) is 19.3 Å². The zero-order chi connectivity index (χ0) is 15.9. The van der Waals surface area contributed by atoms with Gasteiger partial charge in [-0.05, 0) is 36.6 Å². The molecule has 0 atom stereocenters. The minimum Gasteiger partial charge on any atom is -0.206 e. The highest BCUT2D eigenvalue weighted by molar-refractivity contribution is 5.66. The highest BCUT2D eigenvalue weighted by atomic mass is 19.1. The van der Waals surface area contributed by atoms with Crippen molar-refractivity contribution in [1.29, 1.82) is 0 Å². The van der Waals surface area contributed by atoms with Crippen molar-refractivity contribution >= 4 is 0 Å². The van der Waals surface area contributed by atoms with Gasteiger partial charge in [-0.15, -0.1) is 0 Å². The van der Waals surface area contributed by atoms with E-state index in [1.54, 1.807) is 6.07 Å². The molecule has 0 radical (unpaired) electrons. The summed E-state index contributed by atoms with van der Waals surface area (Å²) in [5.74, 6) is -2.02. The van der Waals surface area contributed by atoms with Crippen molar-refractivity contribution in [3.05, 3.63) is 59.4 Å². The van der Waals surface area contributed by atoms with E-state index in [0.29, 0.717) is 12.0 Å². The molecule has 0 saturated carbocycles. The first-order valence-corrected chi connectivity index (χ1v) is 7.86. The highest BCUT2D eigenvalue weighted by Crippen LogP contribution is 2.29. The fourth-order valence-electron chi connectivity index (χ4n) is 2.62. The van der Waals surface area contributed by atoms with Crippen LogP contribution in [0.4, 0.5) is 13.2 Å². The van der Waals surface area contributed by atoms with Gasteiger partial charge in [0.25, 0.3) is 0 Å². The summed E-state index contributed by atoms with van der Waals surface area (Å²) in [6.45, 7) is 2.15. The second kappa shape index (κ2) is 8.02. The molecule has 0 spiro atoms. The van der Waals surface area contributed by atoms with E-state index >= 15 is 0 Å². The lowest BCUT2D eigenvalue weighted by molar-refractivity contribution is 0.575. The SMILES string of the molecule is CCCCCCCc1cc(F)c(-c2ccccc2F)c(F)c1. The Bertz CT molecular complexity index is 597. The molecule has 0 N–H and O–H groups in total. The quantitative estimate of drug-likeness (QED) is 0.528.